The average molecular weight is 475 g/mol. The summed E-state index contributed by atoms with van der Waals surface area (Å²) in [6.07, 6.45) is -2.74. The molecule has 1 heterocycles. The van der Waals surface area contributed by atoms with Gasteiger partial charge >= 0.3 is 5.97 Å². The number of benzene rings is 1. The summed E-state index contributed by atoms with van der Waals surface area (Å²) in [5.41, 5.74) is -0.921. The van der Waals surface area contributed by atoms with E-state index in [1.807, 2.05) is 6.07 Å². The summed E-state index contributed by atoms with van der Waals surface area (Å²) in [4.78, 5) is 12.7. The summed E-state index contributed by atoms with van der Waals surface area (Å²) < 4.78 is 23.3. The number of ether oxygens (including phenoxy) is 3. The highest BCUT2D eigenvalue weighted by molar-refractivity contribution is 9.09. The third kappa shape index (κ3) is 4.68. The zero-order chi connectivity index (χ0) is 21.2. The molecular formula is C20H31BrO6Si. The third-order valence-corrected chi connectivity index (χ3v) is 11.1. The Balaban J connectivity index is 2.27. The quantitative estimate of drug-likeness (QED) is 0.368. The van der Waals surface area contributed by atoms with Gasteiger partial charge in [0.05, 0.1) is 12.2 Å². The van der Waals surface area contributed by atoms with Crippen LogP contribution in [0.5, 0.6) is 0 Å². The molecule has 1 saturated heterocycles. The first-order valence-electron chi connectivity index (χ1n) is 9.33. The lowest BCUT2D eigenvalue weighted by atomic mass is 9.94. The lowest BCUT2D eigenvalue weighted by molar-refractivity contribution is -0.152. The number of rotatable bonds is 7. The van der Waals surface area contributed by atoms with E-state index in [1.165, 1.54) is 7.11 Å². The van der Waals surface area contributed by atoms with Crippen molar-refractivity contribution >= 4 is 30.2 Å². The number of halogens is 1. The fourth-order valence-corrected chi connectivity index (χ4v) is 4.57. The van der Waals surface area contributed by atoms with Crippen LogP contribution in [0.3, 0.4) is 0 Å². The number of hydrogen-bond donors (Lipinski definition) is 1. The van der Waals surface area contributed by atoms with E-state index in [-0.39, 0.29) is 17.0 Å². The molecule has 6 nitrogen and oxygen atoms in total. The number of carbonyl (C=O) groups is 1. The Hall–Kier alpha value is -0.773. The highest BCUT2D eigenvalue weighted by Crippen LogP contribution is 2.40. The molecule has 0 radical (unpaired) electrons. The number of aliphatic hydroxyl groups excluding tert-OH is 1. The monoisotopic (exact) mass is 474 g/mol. The second-order valence-electron chi connectivity index (χ2n) is 8.59. The predicted molar refractivity (Wildman–Crippen MR) is 113 cm³/mol. The molecule has 1 aliphatic rings. The molecule has 0 unspecified atom stereocenters. The van der Waals surface area contributed by atoms with Crippen LogP contribution in [0.25, 0.3) is 0 Å². The molecule has 0 amide bonds. The fourth-order valence-electron chi connectivity index (χ4n) is 2.76. The highest BCUT2D eigenvalue weighted by atomic mass is 79.9. The second-order valence-corrected chi connectivity index (χ2v) is 14.0. The summed E-state index contributed by atoms with van der Waals surface area (Å²) in [7, 11) is -0.617. The molecule has 0 aliphatic carbocycles. The first-order chi connectivity index (χ1) is 13.0. The molecule has 0 saturated carbocycles. The van der Waals surface area contributed by atoms with E-state index in [1.54, 1.807) is 24.3 Å². The van der Waals surface area contributed by atoms with Crippen molar-refractivity contribution in [3.63, 3.8) is 0 Å². The Kier molecular flexibility index (Phi) is 7.50. The first-order valence-corrected chi connectivity index (χ1v) is 13.4. The molecule has 28 heavy (non-hydrogen) atoms. The minimum absolute atomic E-state index is 0.0165. The Bertz CT molecular complexity index is 662. The number of alkyl halides is 1. The minimum atomic E-state index is -2.06. The number of hydrogen-bond acceptors (Lipinski definition) is 6. The third-order valence-electron chi connectivity index (χ3n) is 5.74. The van der Waals surface area contributed by atoms with Gasteiger partial charge in [0.15, 0.2) is 20.2 Å². The minimum Gasteiger partial charge on any atom is -0.449 e. The molecular weight excluding hydrogens is 444 g/mol. The van der Waals surface area contributed by atoms with Crippen LogP contribution in [0.1, 0.15) is 31.1 Å². The van der Waals surface area contributed by atoms with Crippen LogP contribution in [0.2, 0.25) is 18.1 Å². The molecule has 158 valence electrons. The van der Waals surface area contributed by atoms with E-state index >= 15 is 0 Å². The number of carbonyl (C=O) groups excluding carboxylic acids is 1. The normalized spacial score (nSPS) is 28.4. The van der Waals surface area contributed by atoms with Gasteiger partial charge in [-0.05, 0) is 30.3 Å². The molecule has 0 aromatic heterocycles. The summed E-state index contributed by atoms with van der Waals surface area (Å²) >= 11 is 3.41. The molecule has 8 heteroatoms. The van der Waals surface area contributed by atoms with Crippen molar-refractivity contribution < 1.29 is 28.5 Å². The van der Waals surface area contributed by atoms with Crippen molar-refractivity contribution in [2.45, 2.75) is 63.0 Å². The molecule has 1 aromatic carbocycles. The van der Waals surface area contributed by atoms with Crippen LogP contribution in [0.4, 0.5) is 0 Å². The number of aliphatic hydroxyl groups is 1. The van der Waals surface area contributed by atoms with Crippen molar-refractivity contribution in [1.82, 2.24) is 0 Å². The topological polar surface area (TPSA) is 74.2 Å². The SMILES string of the molecule is CO[C@H]1O[C@H](CO[Si](C)(C)C(C)(C)C)[C@@](CBr)(OC(=O)c2ccccc2)[C@@H]1O. The van der Waals surface area contributed by atoms with Gasteiger partial charge < -0.3 is 23.7 Å². The largest absolute Gasteiger partial charge is 0.449 e. The van der Waals surface area contributed by atoms with Crippen LogP contribution >= 0.6 is 15.9 Å². The Morgan fingerprint density at radius 1 is 1.29 bits per heavy atom. The number of methoxy groups -OCH3 is 1. The average Bonchev–Trinajstić information content (AvgIpc) is 2.91. The summed E-state index contributed by atoms with van der Waals surface area (Å²) in [6, 6.07) is 8.67. The lowest BCUT2D eigenvalue weighted by Gasteiger charge is -2.39. The maximum Gasteiger partial charge on any atom is 0.338 e. The zero-order valence-corrected chi connectivity index (χ0v) is 20.0. The molecule has 1 N–H and O–H groups in total. The van der Waals surface area contributed by atoms with E-state index in [0.717, 1.165) is 0 Å². The van der Waals surface area contributed by atoms with Crippen LogP contribution in [-0.4, -0.2) is 62.5 Å². The van der Waals surface area contributed by atoms with Gasteiger partial charge in [-0.2, -0.15) is 0 Å². The summed E-state index contributed by atoms with van der Waals surface area (Å²) in [6.45, 7) is 10.9. The van der Waals surface area contributed by atoms with E-state index < -0.39 is 38.4 Å². The van der Waals surface area contributed by atoms with E-state index in [9.17, 15) is 9.90 Å². The predicted octanol–water partition coefficient (Wildman–Crippen LogP) is 3.73. The van der Waals surface area contributed by atoms with E-state index in [4.69, 9.17) is 18.6 Å². The molecule has 0 spiro atoms. The van der Waals surface area contributed by atoms with Crippen LogP contribution in [0.15, 0.2) is 30.3 Å². The maximum atomic E-state index is 12.7. The van der Waals surface area contributed by atoms with Gasteiger partial charge in [0, 0.05) is 12.4 Å². The number of esters is 1. The van der Waals surface area contributed by atoms with Crippen LogP contribution < -0.4 is 0 Å². The smallest absolute Gasteiger partial charge is 0.338 e. The maximum absolute atomic E-state index is 12.7. The van der Waals surface area contributed by atoms with Crippen LogP contribution in [0, 0.1) is 0 Å². The molecule has 1 fully saturated rings. The van der Waals surface area contributed by atoms with Crippen molar-refractivity contribution in [3.05, 3.63) is 35.9 Å². The van der Waals surface area contributed by atoms with Crippen molar-refractivity contribution in [3.8, 4) is 0 Å². The van der Waals surface area contributed by atoms with Gasteiger partial charge in [-0.3, -0.25) is 0 Å². The van der Waals surface area contributed by atoms with Gasteiger partial charge in [0.2, 0.25) is 0 Å². The molecule has 0 bridgehead atoms. The van der Waals surface area contributed by atoms with Crippen molar-refractivity contribution in [2.75, 3.05) is 19.0 Å². The van der Waals surface area contributed by atoms with Crippen molar-refractivity contribution in [1.29, 1.82) is 0 Å². The Labute approximate surface area is 176 Å². The van der Waals surface area contributed by atoms with E-state index in [2.05, 4.69) is 49.8 Å². The Morgan fingerprint density at radius 2 is 1.89 bits per heavy atom. The fraction of sp³-hybridized carbons (Fsp3) is 0.650. The molecule has 2 rings (SSSR count). The summed E-state index contributed by atoms with van der Waals surface area (Å²) in [5.74, 6) is -0.531. The molecule has 4 atom stereocenters. The second kappa shape index (κ2) is 8.93. The molecule has 1 aromatic rings. The van der Waals surface area contributed by atoms with Gasteiger partial charge in [-0.25, -0.2) is 4.79 Å². The Morgan fingerprint density at radius 3 is 2.39 bits per heavy atom. The van der Waals surface area contributed by atoms with Crippen LogP contribution in [-0.2, 0) is 18.6 Å². The lowest BCUT2D eigenvalue weighted by Crippen LogP contribution is -2.56. The molecule has 1 aliphatic heterocycles. The van der Waals surface area contributed by atoms with Gasteiger partial charge in [-0.15, -0.1) is 0 Å². The van der Waals surface area contributed by atoms with Gasteiger partial charge in [-0.1, -0.05) is 54.9 Å². The highest BCUT2D eigenvalue weighted by Gasteiger charge is 2.59. The zero-order valence-electron chi connectivity index (χ0n) is 17.4. The van der Waals surface area contributed by atoms with Gasteiger partial charge in [0.1, 0.15) is 12.2 Å². The summed E-state index contributed by atoms with van der Waals surface area (Å²) in [5, 5.41) is 11.1. The van der Waals surface area contributed by atoms with E-state index in [0.29, 0.717) is 5.56 Å². The first kappa shape index (κ1) is 23.5. The van der Waals surface area contributed by atoms with Gasteiger partial charge in [0.25, 0.3) is 0 Å². The van der Waals surface area contributed by atoms with Crippen molar-refractivity contribution in [2.24, 2.45) is 0 Å². The standard InChI is InChI=1S/C20H31BrO6Si/c1-19(2,3)28(5,6)25-12-15-20(13-21,16(22)18(24-4)26-15)27-17(23)14-10-8-7-9-11-14/h7-11,15-16,18,22H,12-13H2,1-6H3/t15-,16-,18+,20-/m1/s1.